The summed E-state index contributed by atoms with van der Waals surface area (Å²) in [6, 6.07) is 0. The molecule has 0 aliphatic heterocycles. The fraction of sp³-hybridized carbons (Fsp3) is 0.811. The van der Waals surface area contributed by atoms with Crippen molar-refractivity contribution in [3.8, 4) is 0 Å². The van der Waals surface area contributed by atoms with Crippen LogP contribution in [0.2, 0.25) is 0 Å². The summed E-state index contributed by atoms with van der Waals surface area (Å²) in [7, 11) is -4.39. The average Bonchev–Trinajstić information content (AvgIpc) is 3.27. The summed E-state index contributed by atoms with van der Waals surface area (Å²) < 4.78 is 32.8. The average molecular weight is 908 g/mol. The van der Waals surface area contributed by atoms with Gasteiger partial charge in [0.05, 0.1) is 13.2 Å². The highest BCUT2D eigenvalue weighted by atomic mass is 31.2. The van der Waals surface area contributed by atoms with Gasteiger partial charge in [-0.05, 0) is 70.6 Å². The third-order valence-corrected chi connectivity index (χ3v) is 12.2. The third-order valence-electron chi connectivity index (χ3n) is 11.2. The molecule has 10 heteroatoms. The number of hydrogen-bond acceptors (Lipinski definition) is 8. The summed E-state index contributed by atoms with van der Waals surface area (Å²) in [6.07, 6.45) is 59.0. The summed E-state index contributed by atoms with van der Waals surface area (Å²) in [6.45, 7) is 3.60. The molecule has 2 unspecified atom stereocenters. The quantitative estimate of drug-likeness (QED) is 0.0265. The number of hydrogen-bond donors (Lipinski definition) is 2. The largest absolute Gasteiger partial charge is 0.472 e. The van der Waals surface area contributed by atoms with Crippen LogP contribution in [0.15, 0.2) is 48.6 Å². The van der Waals surface area contributed by atoms with Crippen molar-refractivity contribution < 1.29 is 37.6 Å². The Labute approximate surface area is 387 Å². The van der Waals surface area contributed by atoms with Crippen molar-refractivity contribution in [2.45, 2.75) is 251 Å². The first-order valence-corrected chi connectivity index (χ1v) is 27.6. The number of phosphoric ester groups is 1. The lowest BCUT2D eigenvalue weighted by Gasteiger charge is -2.19. The summed E-state index contributed by atoms with van der Waals surface area (Å²) in [5, 5.41) is 0. The van der Waals surface area contributed by atoms with Crippen molar-refractivity contribution >= 4 is 19.8 Å². The van der Waals surface area contributed by atoms with E-state index in [1.807, 2.05) is 0 Å². The number of carbonyl (C=O) groups is 2. The number of rotatable bonds is 49. The van der Waals surface area contributed by atoms with Gasteiger partial charge in [0, 0.05) is 19.4 Å². The molecule has 0 fully saturated rings. The van der Waals surface area contributed by atoms with Crippen LogP contribution in [-0.4, -0.2) is 49.3 Å². The molecule has 63 heavy (non-hydrogen) atoms. The Morgan fingerprint density at radius 1 is 0.492 bits per heavy atom. The topological polar surface area (TPSA) is 134 Å². The van der Waals surface area contributed by atoms with E-state index in [1.54, 1.807) is 0 Å². The standard InChI is InChI=1S/C53H98NO8P/c1-3-5-7-9-11-13-15-17-18-19-20-21-22-23-24-25-26-27-28-29-30-31-32-34-35-37-39-41-43-45-52(55)59-49-51(50-61-63(57,58)60-48-47-54)62-53(56)46-44-42-40-38-36-33-16-14-12-10-8-6-4-2/h6,8,12,14,19-20,33,36,51H,3-5,7,9-11,13,15-18,21-32,34-35,37-50,54H2,1-2H3,(H,57,58)/b8-6-,14-12-,20-19-,36-33-. The van der Waals surface area contributed by atoms with E-state index in [9.17, 15) is 19.0 Å². The van der Waals surface area contributed by atoms with Crippen LogP contribution >= 0.6 is 7.82 Å². The molecule has 0 aliphatic carbocycles. The van der Waals surface area contributed by atoms with Gasteiger partial charge in [-0.25, -0.2) is 4.57 Å². The van der Waals surface area contributed by atoms with Crippen LogP contribution in [0, 0.1) is 0 Å². The number of phosphoric acid groups is 1. The molecule has 0 aromatic rings. The van der Waals surface area contributed by atoms with Gasteiger partial charge in [0.1, 0.15) is 6.61 Å². The molecule has 0 saturated carbocycles. The minimum absolute atomic E-state index is 0.0479. The molecule has 0 radical (unpaired) electrons. The second-order valence-electron chi connectivity index (χ2n) is 17.4. The number of ether oxygens (including phenoxy) is 2. The smallest absolute Gasteiger partial charge is 0.462 e. The summed E-state index contributed by atoms with van der Waals surface area (Å²) in [4.78, 5) is 35.0. The van der Waals surface area contributed by atoms with Crippen molar-refractivity contribution in [2.75, 3.05) is 26.4 Å². The third kappa shape index (κ3) is 49.2. The molecule has 0 rings (SSSR count). The molecular formula is C53H98NO8P. The first-order chi connectivity index (χ1) is 30.8. The van der Waals surface area contributed by atoms with Gasteiger partial charge in [0.25, 0.3) is 0 Å². The first kappa shape index (κ1) is 61.0. The zero-order valence-corrected chi connectivity index (χ0v) is 41.7. The molecule has 0 bridgehead atoms. The molecule has 0 spiro atoms. The van der Waals surface area contributed by atoms with Gasteiger partial charge < -0.3 is 20.1 Å². The molecule has 368 valence electrons. The highest BCUT2D eigenvalue weighted by Crippen LogP contribution is 2.43. The monoisotopic (exact) mass is 908 g/mol. The molecule has 0 aromatic carbocycles. The van der Waals surface area contributed by atoms with Crippen LogP contribution in [0.5, 0.6) is 0 Å². The Kier molecular flexibility index (Phi) is 47.8. The summed E-state index contributed by atoms with van der Waals surface area (Å²) >= 11 is 0. The van der Waals surface area contributed by atoms with E-state index in [2.05, 4.69) is 62.5 Å². The van der Waals surface area contributed by atoms with E-state index >= 15 is 0 Å². The van der Waals surface area contributed by atoms with Crippen LogP contribution in [-0.2, 0) is 32.7 Å². The second-order valence-corrected chi connectivity index (χ2v) is 18.8. The summed E-state index contributed by atoms with van der Waals surface area (Å²) in [5.41, 5.74) is 5.36. The lowest BCUT2D eigenvalue weighted by molar-refractivity contribution is -0.161. The number of carbonyl (C=O) groups excluding carboxylic acids is 2. The Hall–Kier alpha value is -2.03. The zero-order valence-electron chi connectivity index (χ0n) is 40.8. The maximum Gasteiger partial charge on any atom is 0.472 e. The minimum Gasteiger partial charge on any atom is -0.462 e. The van der Waals surface area contributed by atoms with Gasteiger partial charge in [-0.2, -0.15) is 0 Å². The van der Waals surface area contributed by atoms with Crippen LogP contribution in [0.25, 0.3) is 0 Å². The van der Waals surface area contributed by atoms with E-state index in [1.165, 1.54) is 154 Å². The van der Waals surface area contributed by atoms with E-state index in [-0.39, 0.29) is 38.6 Å². The minimum atomic E-state index is -4.39. The Bertz CT molecular complexity index is 1170. The molecule has 0 heterocycles. The molecule has 9 nitrogen and oxygen atoms in total. The Morgan fingerprint density at radius 2 is 0.873 bits per heavy atom. The molecule has 0 saturated heterocycles. The van der Waals surface area contributed by atoms with Crippen LogP contribution in [0.1, 0.15) is 245 Å². The lowest BCUT2D eigenvalue weighted by atomic mass is 10.0. The van der Waals surface area contributed by atoms with Gasteiger partial charge >= 0.3 is 19.8 Å². The number of nitrogens with two attached hydrogens (primary N) is 1. The molecule has 0 amide bonds. The van der Waals surface area contributed by atoms with Crippen LogP contribution in [0.4, 0.5) is 0 Å². The number of unbranched alkanes of at least 4 members (excludes halogenated alkanes) is 28. The van der Waals surface area contributed by atoms with Crippen molar-refractivity contribution in [3.63, 3.8) is 0 Å². The van der Waals surface area contributed by atoms with E-state index in [0.717, 1.165) is 57.8 Å². The van der Waals surface area contributed by atoms with Gasteiger partial charge in [-0.3, -0.25) is 18.6 Å². The molecule has 2 atom stereocenters. The lowest BCUT2D eigenvalue weighted by Crippen LogP contribution is -2.29. The zero-order chi connectivity index (χ0) is 46.0. The van der Waals surface area contributed by atoms with Gasteiger partial charge in [0.2, 0.25) is 0 Å². The van der Waals surface area contributed by atoms with Crippen LogP contribution < -0.4 is 5.73 Å². The predicted molar refractivity (Wildman–Crippen MR) is 266 cm³/mol. The maximum atomic E-state index is 12.6. The van der Waals surface area contributed by atoms with Gasteiger partial charge in [-0.1, -0.05) is 210 Å². The fourth-order valence-corrected chi connectivity index (χ4v) is 8.12. The van der Waals surface area contributed by atoms with Crippen LogP contribution in [0.3, 0.4) is 0 Å². The highest BCUT2D eigenvalue weighted by molar-refractivity contribution is 7.47. The normalized spacial score (nSPS) is 13.5. The Morgan fingerprint density at radius 3 is 1.33 bits per heavy atom. The molecule has 0 aliphatic rings. The van der Waals surface area contributed by atoms with Crippen molar-refractivity contribution in [1.82, 2.24) is 0 Å². The van der Waals surface area contributed by atoms with Gasteiger partial charge in [0.15, 0.2) is 6.10 Å². The maximum absolute atomic E-state index is 12.6. The molecule has 0 aromatic heterocycles. The van der Waals surface area contributed by atoms with Crippen molar-refractivity contribution in [1.29, 1.82) is 0 Å². The summed E-state index contributed by atoms with van der Waals surface area (Å²) in [5.74, 6) is -0.857. The molecule has 3 N–H and O–H groups in total. The van der Waals surface area contributed by atoms with Crippen molar-refractivity contribution in [3.05, 3.63) is 48.6 Å². The second kappa shape index (κ2) is 49.4. The first-order valence-electron chi connectivity index (χ1n) is 26.1. The van der Waals surface area contributed by atoms with E-state index < -0.39 is 26.5 Å². The Balaban J connectivity index is 3.90. The number of allylic oxidation sites excluding steroid dienone is 8. The van der Waals surface area contributed by atoms with E-state index in [0.29, 0.717) is 6.42 Å². The molecular weight excluding hydrogens is 810 g/mol. The number of esters is 2. The SMILES string of the molecule is CC/C=C\C/C=C\C/C=C\CCCCCC(=O)OC(COC(=O)CCCCCCCCCCCCCCCCCCC/C=C\CCCCCCCCCC)COP(=O)(O)OCCN. The highest BCUT2D eigenvalue weighted by Gasteiger charge is 2.26. The fourth-order valence-electron chi connectivity index (χ4n) is 7.35. The predicted octanol–water partition coefficient (Wildman–Crippen LogP) is 15.8. The van der Waals surface area contributed by atoms with Crippen molar-refractivity contribution in [2.24, 2.45) is 5.73 Å². The van der Waals surface area contributed by atoms with E-state index in [4.69, 9.17) is 24.3 Å². The van der Waals surface area contributed by atoms with Gasteiger partial charge in [-0.15, -0.1) is 0 Å².